The smallest absolute Gasteiger partial charge is 0.238 e. The summed E-state index contributed by atoms with van der Waals surface area (Å²) in [5, 5.41) is 3.50. The van der Waals surface area contributed by atoms with Crippen molar-refractivity contribution in [2.24, 2.45) is 5.92 Å². The summed E-state index contributed by atoms with van der Waals surface area (Å²) >= 11 is 6.03. The van der Waals surface area contributed by atoms with E-state index in [1.807, 2.05) is 19.1 Å². The van der Waals surface area contributed by atoms with E-state index in [4.69, 9.17) is 11.6 Å². The number of nitrogens with one attached hydrogen (secondary N) is 1. The Kier molecular flexibility index (Phi) is 5.15. The maximum Gasteiger partial charge on any atom is 0.238 e. The zero-order chi connectivity index (χ0) is 14.5. The van der Waals surface area contributed by atoms with Crippen molar-refractivity contribution < 1.29 is 9.59 Å². The van der Waals surface area contributed by atoms with E-state index < -0.39 is 0 Å². The highest BCUT2D eigenvalue weighted by Crippen LogP contribution is 2.20. The minimum Gasteiger partial charge on any atom is -0.325 e. The van der Waals surface area contributed by atoms with Crippen LogP contribution >= 0.6 is 11.6 Å². The second kappa shape index (κ2) is 6.86. The molecule has 0 spiro atoms. The number of carbonyl (C=O) groups is 2. The van der Waals surface area contributed by atoms with Gasteiger partial charge in [-0.2, -0.15) is 0 Å². The number of aldehydes is 1. The molecule has 108 valence electrons. The average Bonchev–Trinajstić information content (AvgIpc) is 2.44. The monoisotopic (exact) mass is 294 g/mol. The third-order valence-corrected chi connectivity index (χ3v) is 4.05. The zero-order valence-electron chi connectivity index (χ0n) is 11.6. The maximum atomic E-state index is 12.0. The highest BCUT2D eigenvalue weighted by atomic mass is 35.5. The highest BCUT2D eigenvalue weighted by Gasteiger charge is 2.20. The van der Waals surface area contributed by atoms with Gasteiger partial charge in [0, 0.05) is 16.6 Å². The third kappa shape index (κ3) is 4.05. The number of piperidine rings is 1. The normalized spacial score (nSPS) is 16.9. The molecule has 1 N–H and O–H groups in total. The number of aryl methyl sites for hydroxylation is 1. The first kappa shape index (κ1) is 15.0. The van der Waals surface area contributed by atoms with Crippen LogP contribution in [-0.4, -0.2) is 36.7 Å². The average molecular weight is 295 g/mol. The Bertz CT molecular complexity index is 497. The van der Waals surface area contributed by atoms with Gasteiger partial charge in [-0.3, -0.25) is 9.69 Å². The lowest BCUT2D eigenvalue weighted by atomic mass is 9.99. The molecule has 0 bridgehead atoms. The van der Waals surface area contributed by atoms with Gasteiger partial charge in [-0.1, -0.05) is 17.7 Å². The third-order valence-electron chi connectivity index (χ3n) is 3.65. The predicted octanol–water partition coefficient (Wildman–Crippen LogP) is 2.50. The number of halogens is 1. The van der Waals surface area contributed by atoms with Crippen LogP contribution in [0.3, 0.4) is 0 Å². The molecule has 1 aromatic carbocycles. The largest absolute Gasteiger partial charge is 0.325 e. The van der Waals surface area contributed by atoms with Gasteiger partial charge in [0.25, 0.3) is 0 Å². The lowest BCUT2D eigenvalue weighted by molar-refractivity contribution is -0.117. The standard InChI is InChI=1S/C15H19ClN2O2/c1-11-2-3-13(8-14(11)16)17-15(20)9-18-6-4-12(10-19)5-7-18/h2-3,8,10,12H,4-7,9H2,1H3,(H,17,20). The summed E-state index contributed by atoms with van der Waals surface area (Å²) in [4.78, 5) is 24.7. The molecular formula is C15H19ClN2O2. The number of amides is 1. The number of likely N-dealkylation sites (tertiary alicyclic amines) is 1. The Hall–Kier alpha value is -1.39. The molecule has 5 heteroatoms. The van der Waals surface area contributed by atoms with Crippen LogP contribution in [0.4, 0.5) is 5.69 Å². The van der Waals surface area contributed by atoms with Crippen LogP contribution < -0.4 is 5.32 Å². The number of hydrogen-bond donors (Lipinski definition) is 1. The fraction of sp³-hybridized carbons (Fsp3) is 0.467. The second-order valence-electron chi connectivity index (χ2n) is 5.26. The van der Waals surface area contributed by atoms with Crippen molar-refractivity contribution in [3.63, 3.8) is 0 Å². The second-order valence-corrected chi connectivity index (χ2v) is 5.67. The molecule has 0 aromatic heterocycles. The Morgan fingerprint density at radius 3 is 2.75 bits per heavy atom. The fourth-order valence-electron chi connectivity index (χ4n) is 2.32. The van der Waals surface area contributed by atoms with Crippen molar-refractivity contribution in [2.45, 2.75) is 19.8 Å². The molecule has 0 saturated carbocycles. The van der Waals surface area contributed by atoms with Crippen LogP contribution in [0.2, 0.25) is 5.02 Å². The van der Waals surface area contributed by atoms with Crippen molar-refractivity contribution in [1.29, 1.82) is 0 Å². The summed E-state index contributed by atoms with van der Waals surface area (Å²) in [6, 6.07) is 5.48. The van der Waals surface area contributed by atoms with Crippen molar-refractivity contribution in [1.82, 2.24) is 4.90 Å². The molecule has 1 amide bonds. The van der Waals surface area contributed by atoms with Crippen molar-refractivity contribution in [3.05, 3.63) is 28.8 Å². The predicted molar refractivity (Wildman–Crippen MR) is 80.0 cm³/mol. The van der Waals surface area contributed by atoms with Crippen LogP contribution in [-0.2, 0) is 9.59 Å². The minimum absolute atomic E-state index is 0.0468. The Labute approximate surface area is 124 Å². The quantitative estimate of drug-likeness (QED) is 0.868. The lowest BCUT2D eigenvalue weighted by Crippen LogP contribution is -2.39. The van der Waals surface area contributed by atoms with Crippen LogP contribution in [0.1, 0.15) is 18.4 Å². The molecule has 1 aliphatic rings. The minimum atomic E-state index is -0.0468. The SMILES string of the molecule is Cc1ccc(NC(=O)CN2CCC(C=O)CC2)cc1Cl. The van der Waals surface area contributed by atoms with E-state index in [1.54, 1.807) is 6.07 Å². The molecule has 0 radical (unpaired) electrons. The van der Waals surface area contributed by atoms with E-state index in [0.29, 0.717) is 17.3 Å². The highest BCUT2D eigenvalue weighted by molar-refractivity contribution is 6.31. The van der Waals surface area contributed by atoms with Crippen LogP contribution in [0.5, 0.6) is 0 Å². The Balaban J connectivity index is 1.83. The number of anilines is 1. The first-order chi connectivity index (χ1) is 9.58. The molecule has 20 heavy (non-hydrogen) atoms. The van der Waals surface area contributed by atoms with E-state index in [1.165, 1.54) is 0 Å². The summed E-state index contributed by atoms with van der Waals surface area (Å²) in [7, 11) is 0. The topological polar surface area (TPSA) is 49.4 Å². The fourth-order valence-corrected chi connectivity index (χ4v) is 2.50. The molecule has 1 aromatic rings. The van der Waals surface area contributed by atoms with E-state index in [9.17, 15) is 9.59 Å². The molecule has 1 fully saturated rings. The van der Waals surface area contributed by atoms with Crippen molar-refractivity contribution >= 4 is 29.5 Å². The van der Waals surface area contributed by atoms with Gasteiger partial charge in [-0.15, -0.1) is 0 Å². The van der Waals surface area contributed by atoms with Gasteiger partial charge in [0.2, 0.25) is 5.91 Å². The molecular weight excluding hydrogens is 276 g/mol. The van der Waals surface area contributed by atoms with Gasteiger partial charge in [0.15, 0.2) is 0 Å². The molecule has 1 aliphatic heterocycles. The van der Waals surface area contributed by atoms with Gasteiger partial charge >= 0.3 is 0 Å². The number of nitrogens with zero attached hydrogens (tertiary/aromatic N) is 1. The lowest BCUT2D eigenvalue weighted by Gasteiger charge is -2.28. The molecule has 0 unspecified atom stereocenters. The molecule has 4 nitrogen and oxygen atoms in total. The maximum absolute atomic E-state index is 12.0. The van der Waals surface area contributed by atoms with Crippen LogP contribution in [0.25, 0.3) is 0 Å². The van der Waals surface area contributed by atoms with E-state index in [-0.39, 0.29) is 11.8 Å². The molecule has 1 heterocycles. The van der Waals surface area contributed by atoms with Crippen LogP contribution in [0, 0.1) is 12.8 Å². The van der Waals surface area contributed by atoms with Crippen molar-refractivity contribution in [2.75, 3.05) is 25.0 Å². The number of benzene rings is 1. The summed E-state index contributed by atoms with van der Waals surface area (Å²) in [6.45, 7) is 3.87. The molecule has 1 saturated heterocycles. The number of carbonyl (C=O) groups excluding carboxylic acids is 2. The van der Waals surface area contributed by atoms with Crippen LogP contribution in [0.15, 0.2) is 18.2 Å². The Morgan fingerprint density at radius 1 is 1.45 bits per heavy atom. The Morgan fingerprint density at radius 2 is 2.15 bits per heavy atom. The van der Waals surface area contributed by atoms with Gasteiger partial charge in [-0.05, 0) is 50.6 Å². The van der Waals surface area contributed by atoms with Gasteiger partial charge < -0.3 is 10.1 Å². The summed E-state index contributed by atoms with van der Waals surface area (Å²) in [6.07, 6.45) is 2.70. The van der Waals surface area contributed by atoms with E-state index in [0.717, 1.165) is 37.8 Å². The molecule has 2 rings (SSSR count). The van der Waals surface area contributed by atoms with Gasteiger partial charge in [0.1, 0.15) is 6.29 Å². The molecule has 0 aliphatic carbocycles. The molecule has 0 atom stereocenters. The summed E-state index contributed by atoms with van der Waals surface area (Å²) in [5.41, 5.74) is 1.70. The van der Waals surface area contributed by atoms with E-state index >= 15 is 0 Å². The first-order valence-electron chi connectivity index (χ1n) is 6.82. The van der Waals surface area contributed by atoms with Gasteiger partial charge in [-0.25, -0.2) is 0 Å². The number of rotatable bonds is 4. The summed E-state index contributed by atoms with van der Waals surface area (Å²) in [5.74, 6) is 0.111. The summed E-state index contributed by atoms with van der Waals surface area (Å²) < 4.78 is 0. The van der Waals surface area contributed by atoms with Crippen molar-refractivity contribution in [3.8, 4) is 0 Å². The van der Waals surface area contributed by atoms with Gasteiger partial charge in [0.05, 0.1) is 6.54 Å². The van der Waals surface area contributed by atoms with E-state index in [2.05, 4.69) is 10.2 Å². The zero-order valence-corrected chi connectivity index (χ0v) is 12.3. The first-order valence-corrected chi connectivity index (χ1v) is 7.20. The number of hydrogen-bond acceptors (Lipinski definition) is 3.